The van der Waals surface area contributed by atoms with Crippen molar-refractivity contribution in [2.75, 3.05) is 33.2 Å². The van der Waals surface area contributed by atoms with E-state index in [1.807, 2.05) is 13.8 Å². The molecule has 0 aromatic rings. The van der Waals surface area contributed by atoms with Crippen LogP contribution in [-0.2, 0) is 0 Å². The van der Waals surface area contributed by atoms with Crippen molar-refractivity contribution in [2.45, 2.75) is 54.0 Å². The summed E-state index contributed by atoms with van der Waals surface area (Å²) in [4.78, 5) is 9.84. The summed E-state index contributed by atoms with van der Waals surface area (Å²) in [5.74, 6) is 0.559. The van der Waals surface area contributed by atoms with Crippen LogP contribution < -0.4 is 0 Å². The zero-order chi connectivity index (χ0) is 15.3. The van der Waals surface area contributed by atoms with Crippen molar-refractivity contribution in [1.82, 2.24) is 9.80 Å². The highest BCUT2D eigenvalue weighted by Crippen LogP contribution is 2.24. The Balaban J connectivity index is 0.000000956. The molecule has 0 unspecified atom stereocenters. The fourth-order valence-electron chi connectivity index (χ4n) is 2.64. The molecule has 0 amide bonds. The molecule has 0 N–H and O–H groups in total. The summed E-state index contributed by atoms with van der Waals surface area (Å²) < 4.78 is 0. The van der Waals surface area contributed by atoms with Gasteiger partial charge in [0.2, 0.25) is 0 Å². The number of aliphatic imine (C=N–C) groups is 1. The highest BCUT2D eigenvalue weighted by Gasteiger charge is 2.31. The van der Waals surface area contributed by atoms with Crippen molar-refractivity contribution in [3.05, 3.63) is 11.3 Å². The first-order valence-electron chi connectivity index (χ1n) is 8.13. The summed E-state index contributed by atoms with van der Waals surface area (Å²) in [6, 6.07) is 0.779. The van der Waals surface area contributed by atoms with Gasteiger partial charge >= 0.3 is 0 Å². The molecule has 1 fully saturated rings. The van der Waals surface area contributed by atoms with Crippen molar-refractivity contribution in [2.24, 2.45) is 10.9 Å². The molecule has 0 atom stereocenters. The topological polar surface area (TPSA) is 18.8 Å². The van der Waals surface area contributed by atoms with Crippen LogP contribution in [0.3, 0.4) is 0 Å². The Morgan fingerprint density at radius 3 is 2.30 bits per heavy atom. The molecule has 2 rings (SSSR count). The highest BCUT2D eigenvalue weighted by molar-refractivity contribution is 5.84. The maximum Gasteiger partial charge on any atom is 0.0417 e. The molecule has 2 aliphatic heterocycles. The minimum absolute atomic E-state index is 0.559. The van der Waals surface area contributed by atoms with Crippen LogP contribution in [0, 0.1) is 5.92 Å². The molecule has 20 heavy (non-hydrogen) atoms. The Bertz CT molecular complexity index is 362. The van der Waals surface area contributed by atoms with E-state index < -0.39 is 0 Å². The molecule has 0 aliphatic carbocycles. The van der Waals surface area contributed by atoms with Gasteiger partial charge < -0.3 is 4.90 Å². The van der Waals surface area contributed by atoms with E-state index in [2.05, 4.69) is 44.5 Å². The zero-order valence-electron chi connectivity index (χ0n) is 14.5. The molecule has 0 aromatic heterocycles. The largest absolute Gasteiger partial charge is 0.303 e. The normalized spacial score (nSPS) is 22.7. The van der Waals surface area contributed by atoms with Crippen molar-refractivity contribution in [1.29, 1.82) is 0 Å². The average molecular weight is 279 g/mol. The van der Waals surface area contributed by atoms with Gasteiger partial charge in [-0.05, 0) is 32.4 Å². The molecule has 2 heterocycles. The first-order chi connectivity index (χ1) is 9.47. The van der Waals surface area contributed by atoms with Gasteiger partial charge in [-0.1, -0.05) is 27.7 Å². The Kier molecular flexibility index (Phi) is 6.90. The molecule has 0 saturated carbocycles. The van der Waals surface area contributed by atoms with Gasteiger partial charge in [-0.15, -0.1) is 0 Å². The summed E-state index contributed by atoms with van der Waals surface area (Å²) in [6.07, 6.45) is 1.12. The van der Waals surface area contributed by atoms with E-state index in [0.717, 1.165) is 19.0 Å². The number of likely N-dealkylation sites (N-methyl/N-ethyl adjacent to an activating group) is 1. The molecule has 0 radical (unpaired) electrons. The molecule has 0 spiro atoms. The van der Waals surface area contributed by atoms with Crippen LogP contribution in [0.15, 0.2) is 16.3 Å². The molecule has 2 aliphatic rings. The van der Waals surface area contributed by atoms with Crippen molar-refractivity contribution < 1.29 is 0 Å². The molecule has 0 aromatic carbocycles. The SMILES string of the molecule is CC.CC(=NC1=C(C)CN(C2CN(C)C2)CC1)C(C)C. The summed E-state index contributed by atoms with van der Waals surface area (Å²) in [6.45, 7) is 17.6. The Morgan fingerprint density at radius 1 is 1.25 bits per heavy atom. The Hall–Kier alpha value is -0.670. The van der Waals surface area contributed by atoms with E-state index in [1.165, 1.54) is 36.6 Å². The van der Waals surface area contributed by atoms with E-state index in [9.17, 15) is 0 Å². The standard InChI is InChI=1S/C15H27N3.C2H6/c1-11(2)13(4)16-15-6-7-18(8-12(15)3)14-9-17(5)10-14;1-2/h11,14H,6-10H2,1-5H3;1-2H3. The second-order valence-corrected chi connectivity index (χ2v) is 6.23. The number of likely N-dealkylation sites (tertiary alicyclic amines) is 1. The van der Waals surface area contributed by atoms with Crippen molar-refractivity contribution >= 4 is 5.71 Å². The highest BCUT2D eigenvalue weighted by atomic mass is 15.3. The third-order valence-electron chi connectivity index (χ3n) is 4.28. The van der Waals surface area contributed by atoms with Gasteiger partial charge in [0, 0.05) is 50.1 Å². The summed E-state index contributed by atoms with van der Waals surface area (Å²) in [5, 5.41) is 0. The van der Waals surface area contributed by atoms with Gasteiger partial charge in [-0.2, -0.15) is 0 Å². The monoisotopic (exact) mass is 279 g/mol. The summed E-state index contributed by atoms with van der Waals surface area (Å²) in [5.41, 5.74) is 4.07. The smallest absolute Gasteiger partial charge is 0.0417 e. The van der Waals surface area contributed by atoms with Crippen LogP contribution in [-0.4, -0.2) is 54.8 Å². The van der Waals surface area contributed by atoms with Crippen LogP contribution >= 0.6 is 0 Å². The van der Waals surface area contributed by atoms with Crippen LogP contribution in [0.1, 0.15) is 48.0 Å². The van der Waals surface area contributed by atoms with Crippen molar-refractivity contribution in [3.8, 4) is 0 Å². The third-order valence-corrected chi connectivity index (χ3v) is 4.28. The van der Waals surface area contributed by atoms with Crippen LogP contribution in [0.25, 0.3) is 0 Å². The fraction of sp³-hybridized carbons (Fsp3) is 0.824. The summed E-state index contributed by atoms with van der Waals surface area (Å²) >= 11 is 0. The number of rotatable bonds is 3. The quantitative estimate of drug-likeness (QED) is 0.737. The van der Waals surface area contributed by atoms with Gasteiger partial charge in [0.1, 0.15) is 0 Å². The molecule has 0 bridgehead atoms. The maximum absolute atomic E-state index is 4.83. The van der Waals surface area contributed by atoms with Crippen molar-refractivity contribution in [3.63, 3.8) is 0 Å². The molecule has 116 valence electrons. The second-order valence-electron chi connectivity index (χ2n) is 6.23. The van der Waals surface area contributed by atoms with Gasteiger partial charge in [0.05, 0.1) is 0 Å². The third kappa shape index (κ3) is 4.42. The Morgan fingerprint density at radius 2 is 1.85 bits per heavy atom. The first-order valence-corrected chi connectivity index (χ1v) is 8.13. The molecular weight excluding hydrogens is 246 g/mol. The fourth-order valence-corrected chi connectivity index (χ4v) is 2.64. The minimum Gasteiger partial charge on any atom is -0.303 e. The predicted octanol–water partition coefficient (Wildman–Crippen LogP) is 3.42. The predicted molar refractivity (Wildman–Crippen MR) is 89.5 cm³/mol. The average Bonchev–Trinajstić information content (AvgIpc) is 2.39. The van der Waals surface area contributed by atoms with E-state index in [0.29, 0.717) is 5.92 Å². The van der Waals surface area contributed by atoms with E-state index in [1.54, 1.807) is 0 Å². The van der Waals surface area contributed by atoms with Gasteiger partial charge in [-0.3, -0.25) is 9.89 Å². The lowest BCUT2D eigenvalue weighted by Crippen LogP contribution is -2.58. The molecular formula is C17H33N3. The summed E-state index contributed by atoms with van der Waals surface area (Å²) in [7, 11) is 2.20. The lowest BCUT2D eigenvalue weighted by atomic mass is 10.0. The van der Waals surface area contributed by atoms with Gasteiger partial charge in [-0.25, -0.2) is 0 Å². The zero-order valence-corrected chi connectivity index (χ0v) is 14.5. The second kappa shape index (κ2) is 7.94. The molecule has 3 nitrogen and oxygen atoms in total. The van der Waals surface area contributed by atoms with Gasteiger partial charge in [0.15, 0.2) is 0 Å². The number of nitrogens with zero attached hydrogens (tertiary/aromatic N) is 3. The molecule has 1 saturated heterocycles. The van der Waals surface area contributed by atoms with Gasteiger partial charge in [0.25, 0.3) is 0 Å². The maximum atomic E-state index is 4.83. The lowest BCUT2D eigenvalue weighted by Gasteiger charge is -2.45. The van der Waals surface area contributed by atoms with Crippen LogP contribution in [0.4, 0.5) is 0 Å². The van der Waals surface area contributed by atoms with E-state index in [4.69, 9.17) is 4.99 Å². The van der Waals surface area contributed by atoms with Crippen LogP contribution in [0.2, 0.25) is 0 Å². The van der Waals surface area contributed by atoms with E-state index in [-0.39, 0.29) is 0 Å². The number of hydrogen-bond donors (Lipinski definition) is 0. The first kappa shape index (κ1) is 17.4. The molecule has 3 heteroatoms. The minimum atomic E-state index is 0.559. The number of hydrogen-bond acceptors (Lipinski definition) is 3. The van der Waals surface area contributed by atoms with E-state index >= 15 is 0 Å². The lowest BCUT2D eigenvalue weighted by molar-refractivity contribution is 0.0557. The Labute approximate surface area is 125 Å². The van der Waals surface area contributed by atoms with Crippen LogP contribution in [0.5, 0.6) is 0 Å².